The summed E-state index contributed by atoms with van der Waals surface area (Å²) in [6.07, 6.45) is 0. The van der Waals surface area contributed by atoms with Gasteiger partial charge in [-0.3, -0.25) is 10.1 Å². The Morgan fingerprint density at radius 3 is 2.43 bits per heavy atom. The van der Waals surface area contributed by atoms with Crippen LogP contribution in [-0.2, 0) is 6.61 Å². The summed E-state index contributed by atoms with van der Waals surface area (Å²) in [6.45, 7) is 0.218. The predicted octanol–water partition coefficient (Wildman–Crippen LogP) is 2.54. The van der Waals surface area contributed by atoms with Gasteiger partial charge in [-0.15, -0.1) is 0 Å². The molecule has 2 aromatic carbocycles. The molecule has 2 aromatic rings. The first kappa shape index (κ1) is 14.8. The Morgan fingerprint density at radius 1 is 1.05 bits per heavy atom. The minimum atomic E-state index is -0.535. The van der Waals surface area contributed by atoms with Gasteiger partial charge < -0.3 is 14.6 Å². The molecule has 0 atom stereocenters. The molecular formula is C15H15NO5. The van der Waals surface area contributed by atoms with Crippen molar-refractivity contribution in [3.05, 3.63) is 64.2 Å². The van der Waals surface area contributed by atoms with Gasteiger partial charge in [0.15, 0.2) is 5.75 Å². The Labute approximate surface area is 121 Å². The molecule has 6 nitrogen and oxygen atoms in total. The topological polar surface area (TPSA) is 81.8 Å². The normalized spacial score (nSPS) is 10.1. The summed E-state index contributed by atoms with van der Waals surface area (Å²) in [5.41, 5.74) is 0.302. The number of para-hydroxylation sites is 1. The van der Waals surface area contributed by atoms with E-state index in [-0.39, 0.29) is 31.3 Å². The van der Waals surface area contributed by atoms with Crippen molar-refractivity contribution in [1.29, 1.82) is 0 Å². The monoisotopic (exact) mass is 289 g/mol. The highest BCUT2D eigenvalue weighted by Crippen LogP contribution is 2.27. The number of nitro groups is 1. The van der Waals surface area contributed by atoms with Crippen LogP contribution in [0.25, 0.3) is 0 Å². The Kier molecular flexibility index (Phi) is 5.11. The summed E-state index contributed by atoms with van der Waals surface area (Å²) in [4.78, 5) is 10.4. The Bertz CT molecular complexity index is 600. The van der Waals surface area contributed by atoms with Gasteiger partial charge in [0.2, 0.25) is 0 Å². The molecule has 0 saturated carbocycles. The van der Waals surface area contributed by atoms with Crippen LogP contribution >= 0.6 is 0 Å². The van der Waals surface area contributed by atoms with E-state index in [0.29, 0.717) is 11.3 Å². The highest BCUT2D eigenvalue weighted by Gasteiger charge is 2.15. The van der Waals surface area contributed by atoms with Crippen LogP contribution in [0, 0.1) is 10.1 Å². The standard InChI is InChI=1S/C15H15NO5/c17-11-12-6-7-15(14(10-12)16(18)19)21-9-8-20-13-4-2-1-3-5-13/h1-7,10,17H,8-9,11H2. The first-order chi connectivity index (χ1) is 10.2. The average molecular weight is 289 g/mol. The van der Waals surface area contributed by atoms with E-state index in [1.807, 2.05) is 30.3 Å². The van der Waals surface area contributed by atoms with Gasteiger partial charge in [0.1, 0.15) is 19.0 Å². The summed E-state index contributed by atoms with van der Waals surface area (Å²) < 4.78 is 10.8. The lowest BCUT2D eigenvalue weighted by molar-refractivity contribution is -0.386. The zero-order valence-electron chi connectivity index (χ0n) is 11.3. The number of ether oxygens (including phenoxy) is 2. The second-order valence-electron chi connectivity index (χ2n) is 4.23. The van der Waals surface area contributed by atoms with Crippen LogP contribution < -0.4 is 9.47 Å². The van der Waals surface area contributed by atoms with Crippen LogP contribution in [0.1, 0.15) is 5.56 Å². The molecule has 0 aliphatic rings. The third-order valence-electron chi connectivity index (χ3n) is 2.76. The Morgan fingerprint density at radius 2 is 1.76 bits per heavy atom. The second kappa shape index (κ2) is 7.25. The number of aliphatic hydroxyl groups is 1. The fourth-order valence-electron chi connectivity index (χ4n) is 1.75. The molecule has 0 spiro atoms. The first-order valence-electron chi connectivity index (χ1n) is 6.39. The molecule has 0 unspecified atom stereocenters. The van der Waals surface area contributed by atoms with Crippen molar-refractivity contribution < 1.29 is 19.5 Å². The molecule has 0 aliphatic heterocycles. The lowest BCUT2D eigenvalue weighted by atomic mass is 10.2. The molecular weight excluding hydrogens is 274 g/mol. The van der Waals surface area contributed by atoms with E-state index in [9.17, 15) is 10.1 Å². The highest BCUT2D eigenvalue weighted by atomic mass is 16.6. The molecule has 1 N–H and O–H groups in total. The smallest absolute Gasteiger partial charge is 0.311 e. The zero-order valence-corrected chi connectivity index (χ0v) is 11.3. The third-order valence-corrected chi connectivity index (χ3v) is 2.76. The summed E-state index contributed by atoms with van der Waals surface area (Å²) >= 11 is 0. The van der Waals surface area contributed by atoms with Gasteiger partial charge in [-0.25, -0.2) is 0 Å². The number of rotatable bonds is 7. The Balaban J connectivity index is 1.92. The van der Waals surface area contributed by atoms with Crippen molar-refractivity contribution in [3.63, 3.8) is 0 Å². The fourth-order valence-corrected chi connectivity index (χ4v) is 1.75. The van der Waals surface area contributed by atoms with E-state index >= 15 is 0 Å². The van der Waals surface area contributed by atoms with E-state index in [1.54, 1.807) is 6.07 Å². The van der Waals surface area contributed by atoms with Crippen LogP contribution in [0.3, 0.4) is 0 Å². The summed E-state index contributed by atoms with van der Waals surface area (Å²) in [6, 6.07) is 13.6. The minimum absolute atomic E-state index is 0.161. The van der Waals surface area contributed by atoms with Crippen LogP contribution in [0.15, 0.2) is 48.5 Å². The molecule has 21 heavy (non-hydrogen) atoms. The summed E-state index contributed by atoms with van der Waals surface area (Å²) in [7, 11) is 0. The predicted molar refractivity (Wildman–Crippen MR) is 76.5 cm³/mol. The number of nitrogens with zero attached hydrogens (tertiary/aromatic N) is 1. The zero-order chi connectivity index (χ0) is 15.1. The maximum Gasteiger partial charge on any atom is 0.311 e. The number of nitro benzene ring substituents is 1. The summed E-state index contributed by atoms with van der Waals surface area (Å²) in [5, 5.41) is 19.9. The lowest BCUT2D eigenvalue weighted by Crippen LogP contribution is -2.10. The first-order valence-corrected chi connectivity index (χ1v) is 6.39. The number of aliphatic hydroxyl groups excluding tert-OH is 1. The molecule has 6 heteroatoms. The van der Waals surface area contributed by atoms with Crippen LogP contribution in [0.2, 0.25) is 0 Å². The maximum atomic E-state index is 11.0. The van der Waals surface area contributed by atoms with Gasteiger partial charge in [0.25, 0.3) is 0 Å². The van der Waals surface area contributed by atoms with Crippen LogP contribution in [0.5, 0.6) is 11.5 Å². The highest BCUT2D eigenvalue weighted by molar-refractivity contribution is 5.48. The Hall–Kier alpha value is -2.60. The van der Waals surface area contributed by atoms with Crippen molar-refractivity contribution in [3.8, 4) is 11.5 Å². The largest absolute Gasteiger partial charge is 0.490 e. The van der Waals surface area contributed by atoms with Gasteiger partial charge in [-0.1, -0.05) is 24.3 Å². The quantitative estimate of drug-likeness (QED) is 0.481. The molecule has 110 valence electrons. The van der Waals surface area contributed by atoms with Crippen molar-refractivity contribution in [2.24, 2.45) is 0 Å². The molecule has 0 heterocycles. The maximum absolute atomic E-state index is 11.0. The van der Waals surface area contributed by atoms with E-state index < -0.39 is 4.92 Å². The average Bonchev–Trinajstić information content (AvgIpc) is 2.52. The third kappa shape index (κ3) is 4.19. The van der Waals surface area contributed by atoms with E-state index in [2.05, 4.69) is 0 Å². The van der Waals surface area contributed by atoms with Crippen LogP contribution in [-0.4, -0.2) is 23.2 Å². The van der Waals surface area contributed by atoms with Gasteiger partial charge in [-0.2, -0.15) is 0 Å². The van der Waals surface area contributed by atoms with Gasteiger partial charge >= 0.3 is 5.69 Å². The van der Waals surface area contributed by atoms with Crippen LogP contribution in [0.4, 0.5) is 5.69 Å². The molecule has 0 saturated heterocycles. The van der Waals surface area contributed by atoms with Gasteiger partial charge in [-0.05, 0) is 23.8 Å². The summed E-state index contributed by atoms with van der Waals surface area (Å²) in [5.74, 6) is 0.875. The number of hydrogen-bond donors (Lipinski definition) is 1. The number of benzene rings is 2. The van der Waals surface area contributed by atoms with Crippen molar-refractivity contribution in [2.45, 2.75) is 6.61 Å². The molecule has 0 aromatic heterocycles. The molecule has 0 aliphatic carbocycles. The van der Waals surface area contributed by atoms with E-state index in [1.165, 1.54) is 12.1 Å². The van der Waals surface area contributed by atoms with Crippen molar-refractivity contribution in [2.75, 3.05) is 13.2 Å². The van der Waals surface area contributed by atoms with Gasteiger partial charge in [0, 0.05) is 6.07 Å². The molecule has 0 bridgehead atoms. The van der Waals surface area contributed by atoms with E-state index in [4.69, 9.17) is 14.6 Å². The lowest BCUT2D eigenvalue weighted by Gasteiger charge is -2.09. The van der Waals surface area contributed by atoms with E-state index in [0.717, 1.165) is 0 Å². The molecule has 2 rings (SSSR count). The molecule has 0 radical (unpaired) electrons. The second-order valence-corrected chi connectivity index (χ2v) is 4.23. The SMILES string of the molecule is O=[N+]([O-])c1cc(CO)ccc1OCCOc1ccccc1. The molecule has 0 amide bonds. The minimum Gasteiger partial charge on any atom is -0.490 e. The fraction of sp³-hybridized carbons (Fsp3) is 0.200. The number of hydrogen-bond acceptors (Lipinski definition) is 5. The van der Waals surface area contributed by atoms with Gasteiger partial charge in [0.05, 0.1) is 11.5 Å². The van der Waals surface area contributed by atoms with Crippen molar-refractivity contribution in [1.82, 2.24) is 0 Å². The van der Waals surface area contributed by atoms with Crippen molar-refractivity contribution >= 4 is 5.69 Å². The molecule has 0 fully saturated rings.